The van der Waals surface area contributed by atoms with Crippen molar-refractivity contribution in [2.45, 2.75) is 24.8 Å². The second kappa shape index (κ2) is 3.57. The van der Waals surface area contributed by atoms with Crippen LogP contribution < -0.4 is 0 Å². The molecule has 1 unspecified atom stereocenters. The van der Waals surface area contributed by atoms with Crippen LogP contribution in [0.4, 0.5) is 13.2 Å². The van der Waals surface area contributed by atoms with Gasteiger partial charge in [-0.25, -0.2) is 9.18 Å². The Bertz CT molecular complexity index is 239. The first-order chi connectivity index (χ1) is 5.61. The molecule has 1 atom stereocenters. The minimum absolute atomic E-state index is 0.214. The first kappa shape index (κ1) is 12.3. The fourth-order valence-corrected chi connectivity index (χ4v) is 1.04. The summed E-state index contributed by atoms with van der Waals surface area (Å²) >= 11 is -0.636. The molecule has 0 fully saturated rings. The van der Waals surface area contributed by atoms with Gasteiger partial charge < -0.3 is 5.11 Å². The number of carbonyl (C=O) groups excluding carboxylic acids is 1. The van der Waals surface area contributed by atoms with Gasteiger partial charge in [-0.2, -0.15) is 8.78 Å². The van der Waals surface area contributed by atoms with E-state index < -0.39 is 33.8 Å². The normalized spacial score (nSPS) is 16.4. The largest absolute Gasteiger partial charge is 0.479 e. The van der Waals surface area contributed by atoms with E-state index in [1.54, 1.807) is 0 Å². The van der Waals surface area contributed by atoms with Gasteiger partial charge in [0.25, 0.3) is 5.67 Å². The molecule has 0 heterocycles. The lowest BCUT2D eigenvalue weighted by Crippen LogP contribution is -2.46. The maximum Gasteiger partial charge on any atom is 0.348 e. The third kappa shape index (κ3) is 2.61. The molecule has 0 aliphatic heterocycles. The van der Waals surface area contributed by atoms with Gasteiger partial charge in [0, 0.05) is 6.92 Å². The molecule has 0 aromatic rings. The van der Waals surface area contributed by atoms with Crippen molar-refractivity contribution < 1.29 is 27.9 Å². The first-order valence-electron chi connectivity index (χ1n) is 3.11. The number of thioether (sulfide) groups is 1. The average molecular weight is 216 g/mol. The Kier molecular flexibility index (Phi) is 3.37. The predicted octanol–water partition coefficient (Wildman–Crippen LogP) is 1.67. The highest BCUT2D eigenvalue weighted by Gasteiger charge is 2.58. The van der Waals surface area contributed by atoms with E-state index in [2.05, 4.69) is 0 Å². The van der Waals surface area contributed by atoms with E-state index in [0.717, 1.165) is 6.92 Å². The average Bonchev–Trinajstić information content (AvgIpc) is 1.83. The molecule has 0 bridgehead atoms. The van der Waals surface area contributed by atoms with Crippen LogP contribution in [0.1, 0.15) is 13.8 Å². The summed E-state index contributed by atoms with van der Waals surface area (Å²) in [5.74, 6) is -2.30. The Morgan fingerprint density at radius 1 is 1.31 bits per heavy atom. The van der Waals surface area contributed by atoms with Gasteiger partial charge in [-0.05, 0) is 18.7 Å². The molecule has 7 heteroatoms. The molecular weight excluding hydrogens is 209 g/mol. The lowest BCUT2D eigenvalue weighted by atomic mass is 10.1. The Hall–Kier alpha value is -0.720. The van der Waals surface area contributed by atoms with Crippen LogP contribution in [0, 0.1) is 0 Å². The maximum atomic E-state index is 12.8. The molecule has 0 rings (SSSR count). The molecular formula is C6H7F3O3S. The van der Waals surface area contributed by atoms with Crippen LogP contribution in [0.2, 0.25) is 0 Å². The van der Waals surface area contributed by atoms with Crippen molar-refractivity contribution in [1.29, 1.82) is 0 Å². The summed E-state index contributed by atoms with van der Waals surface area (Å²) in [6.45, 7) is 1.02. The monoisotopic (exact) mass is 216 g/mol. The van der Waals surface area contributed by atoms with Crippen molar-refractivity contribution in [2.75, 3.05) is 0 Å². The number of halogens is 3. The van der Waals surface area contributed by atoms with Crippen molar-refractivity contribution in [3.05, 3.63) is 0 Å². The highest BCUT2D eigenvalue weighted by atomic mass is 32.2. The number of hydrogen-bond acceptors (Lipinski definition) is 3. The van der Waals surface area contributed by atoms with Crippen LogP contribution in [0.5, 0.6) is 0 Å². The number of carboxylic acids is 1. The lowest BCUT2D eigenvalue weighted by Gasteiger charge is -2.24. The van der Waals surface area contributed by atoms with E-state index in [0.29, 0.717) is 0 Å². The zero-order chi connectivity index (χ0) is 10.9. The zero-order valence-electron chi connectivity index (χ0n) is 6.81. The SMILES string of the molecule is CC(=O)SC(F)(F)C(C)(F)C(=O)O. The minimum Gasteiger partial charge on any atom is -0.479 e. The standard InChI is InChI=1S/C6H7F3O3S/c1-3(10)13-6(8,9)5(2,7)4(11)12/h1-2H3,(H,11,12). The summed E-state index contributed by atoms with van der Waals surface area (Å²) in [4.78, 5) is 20.3. The molecule has 0 spiro atoms. The van der Waals surface area contributed by atoms with E-state index in [1.165, 1.54) is 0 Å². The Labute approximate surface area is 76.3 Å². The zero-order valence-corrected chi connectivity index (χ0v) is 7.62. The van der Waals surface area contributed by atoms with E-state index in [-0.39, 0.29) is 6.92 Å². The molecule has 1 N–H and O–H groups in total. The number of carbonyl (C=O) groups is 2. The highest BCUT2D eigenvalue weighted by Crippen LogP contribution is 2.42. The molecule has 76 valence electrons. The van der Waals surface area contributed by atoms with Crippen LogP contribution >= 0.6 is 11.8 Å². The molecule has 0 saturated carbocycles. The molecule has 3 nitrogen and oxygen atoms in total. The molecule has 13 heavy (non-hydrogen) atoms. The number of aliphatic carboxylic acids is 1. The fourth-order valence-electron chi connectivity index (χ4n) is 0.401. The van der Waals surface area contributed by atoms with Crippen molar-refractivity contribution in [1.82, 2.24) is 0 Å². The van der Waals surface area contributed by atoms with Crippen LogP contribution in [0.3, 0.4) is 0 Å². The molecule has 0 radical (unpaired) electrons. The minimum atomic E-state index is -4.26. The summed E-state index contributed by atoms with van der Waals surface area (Å²) in [7, 11) is 0. The number of alkyl halides is 3. The van der Waals surface area contributed by atoms with E-state index in [4.69, 9.17) is 5.11 Å². The van der Waals surface area contributed by atoms with Gasteiger partial charge in [-0.15, -0.1) is 0 Å². The van der Waals surface area contributed by atoms with Gasteiger partial charge in [0.1, 0.15) is 0 Å². The molecule has 0 aromatic carbocycles. The lowest BCUT2D eigenvalue weighted by molar-refractivity contribution is -0.164. The van der Waals surface area contributed by atoms with Gasteiger partial charge in [0.2, 0.25) is 0 Å². The number of hydrogen-bond donors (Lipinski definition) is 1. The Morgan fingerprint density at radius 3 is 1.92 bits per heavy atom. The quantitative estimate of drug-likeness (QED) is 0.779. The topological polar surface area (TPSA) is 54.4 Å². The van der Waals surface area contributed by atoms with Gasteiger partial charge >= 0.3 is 11.2 Å². The van der Waals surface area contributed by atoms with Gasteiger partial charge in [0.05, 0.1) is 0 Å². The third-order valence-corrected chi connectivity index (χ3v) is 2.15. The Morgan fingerprint density at radius 2 is 1.69 bits per heavy atom. The molecule has 0 aliphatic carbocycles. The fraction of sp³-hybridized carbons (Fsp3) is 0.667. The molecule has 0 aromatic heterocycles. The number of rotatable bonds is 3. The van der Waals surface area contributed by atoms with Crippen molar-refractivity contribution in [2.24, 2.45) is 0 Å². The maximum absolute atomic E-state index is 12.8. The van der Waals surface area contributed by atoms with E-state index in [1.807, 2.05) is 0 Å². The van der Waals surface area contributed by atoms with Crippen molar-refractivity contribution in [3.8, 4) is 0 Å². The summed E-state index contributed by atoms with van der Waals surface area (Å²) in [6.07, 6.45) is 0. The van der Waals surface area contributed by atoms with Crippen LogP contribution in [0.15, 0.2) is 0 Å². The second-order valence-electron chi connectivity index (χ2n) is 2.42. The van der Waals surface area contributed by atoms with Gasteiger partial charge in [0.15, 0.2) is 5.12 Å². The Balaban J connectivity index is 4.80. The highest BCUT2D eigenvalue weighted by molar-refractivity contribution is 8.14. The van der Waals surface area contributed by atoms with E-state index in [9.17, 15) is 22.8 Å². The third-order valence-electron chi connectivity index (χ3n) is 1.22. The predicted molar refractivity (Wildman–Crippen MR) is 40.4 cm³/mol. The smallest absolute Gasteiger partial charge is 0.348 e. The molecule has 0 saturated heterocycles. The van der Waals surface area contributed by atoms with Crippen LogP contribution in [-0.4, -0.2) is 27.1 Å². The van der Waals surface area contributed by atoms with Crippen molar-refractivity contribution in [3.63, 3.8) is 0 Å². The van der Waals surface area contributed by atoms with Gasteiger partial charge in [-0.1, -0.05) is 0 Å². The second-order valence-corrected chi connectivity index (χ2v) is 3.71. The number of carboxylic acid groups (broad SMARTS) is 1. The summed E-state index contributed by atoms with van der Waals surface area (Å²) in [5, 5.41) is 2.80. The van der Waals surface area contributed by atoms with Crippen molar-refractivity contribution >= 4 is 22.8 Å². The molecule has 0 aliphatic rings. The summed E-state index contributed by atoms with van der Waals surface area (Å²) in [5.41, 5.74) is -3.75. The van der Waals surface area contributed by atoms with Crippen LogP contribution in [-0.2, 0) is 9.59 Å². The summed E-state index contributed by atoms with van der Waals surface area (Å²) in [6, 6.07) is 0. The van der Waals surface area contributed by atoms with Crippen LogP contribution in [0.25, 0.3) is 0 Å². The molecule has 0 amide bonds. The first-order valence-corrected chi connectivity index (χ1v) is 3.92. The summed E-state index contributed by atoms with van der Waals surface area (Å²) < 4.78 is 38.2. The van der Waals surface area contributed by atoms with E-state index >= 15 is 0 Å². The van der Waals surface area contributed by atoms with Gasteiger partial charge in [-0.3, -0.25) is 4.79 Å².